The lowest BCUT2D eigenvalue weighted by molar-refractivity contribution is 0.103. The highest BCUT2D eigenvalue weighted by molar-refractivity contribution is 7.14. The second-order valence-electron chi connectivity index (χ2n) is 3.67. The Morgan fingerprint density at radius 3 is 2.78 bits per heavy atom. The molecule has 1 N–H and O–H groups in total. The number of aryl methyl sites for hydroxylation is 1. The first-order valence-electron chi connectivity index (χ1n) is 5.17. The van der Waals surface area contributed by atoms with E-state index in [1.165, 1.54) is 11.3 Å². The molecule has 0 radical (unpaired) electrons. The molecule has 3 nitrogen and oxygen atoms in total. The highest BCUT2D eigenvalue weighted by Gasteiger charge is 2.11. The van der Waals surface area contributed by atoms with Crippen molar-refractivity contribution in [1.29, 1.82) is 5.26 Å². The summed E-state index contributed by atoms with van der Waals surface area (Å²) in [5.74, 6) is -0.230. The summed E-state index contributed by atoms with van der Waals surface area (Å²) >= 11 is 7.25. The Kier molecular flexibility index (Phi) is 3.66. The molecule has 0 aliphatic rings. The number of anilines is 1. The van der Waals surface area contributed by atoms with Gasteiger partial charge in [0.25, 0.3) is 5.91 Å². The van der Waals surface area contributed by atoms with Crippen LogP contribution in [-0.4, -0.2) is 5.91 Å². The molecule has 0 aliphatic carbocycles. The lowest BCUT2D eigenvalue weighted by Crippen LogP contribution is -2.11. The average molecular weight is 277 g/mol. The number of amides is 1. The number of nitriles is 1. The first-order valence-corrected chi connectivity index (χ1v) is 6.37. The van der Waals surface area contributed by atoms with Crippen molar-refractivity contribution >= 4 is 34.5 Å². The molecule has 1 heterocycles. The number of carbonyl (C=O) groups excluding carboxylic acids is 1. The fourth-order valence-electron chi connectivity index (χ4n) is 1.46. The van der Waals surface area contributed by atoms with Gasteiger partial charge in [0.05, 0.1) is 16.1 Å². The maximum Gasteiger partial charge on any atom is 0.265 e. The molecule has 90 valence electrons. The van der Waals surface area contributed by atoms with E-state index in [-0.39, 0.29) is 5.91 Å². The molecule has 0 fully saturated rings. The predicted octanol–water partition coefficient (Wildman–Crippen LogP) is 3.83. The quantitative estimate of drug-likeness (QED) is 0.906. The third kappa shape index (κ3) is 2.70. The first kappa shape index (κ1) is 12.6. The summed E-state index contributed by atoms with van der Waals surface area (Å²) in [5.41, 5.74) is 0.821. The van der Waals surface area contributed by atoms with Gasteiger partial charge in [-0.2, -0.15) is 5.26 Å². The predicted molar refractivity (Wildman–Crippen MR) is 73.2 cm³/mol. The van der Waals surface area contributed by atoms with Crippen molar-refractivity contribution in [2.45, 2.75) is 6.92 Å². The molecule has 2 rings (SSSR count). The molecular weight excluding hydrogens is 268 g/mol. The standard InChI is InChI=1S/C13H9ClN2OS/c1-8-2-5-12(18-8)13(17)16-11-6-10(14)4-3-9(11)7-15/h2-6H,1H3,(H,16,17). The number of carbonyl (C=O) groups is 1. The van der Waals surface area contributed by atoms with E-state index in [4.69, 9.17) is 16.9 Å². The van der Waals surface area contributed by atoms with Crippen molar-refractivity contribution in [2.24, 2.45) is 0 Å². The number of hydrogen-bond donors (Lipinski definition) is 1. The molecule has 0 saturated heterocycles. The smallest absolute Gasteiger partial charge is 0.265 e. The minimum Gasteiger partial charge on any atom is -0.320 e. The van der Waals surface area contributed by atoms with Crippen LogP contribution in [0.25, 0.3) is 0 Å². The van der Waals surface area contributed by atoms with Crippen LogP contribution in [0.5, 0.6) is 0 Å². The van der Waals surface area contributed by atoms with Crippen molar-refractivity contribution in [3.05, 3.63) is 50.7 Å². The van der Waals surface area contributed by atoms with Crippen LogP contribution in [-0.2, 0) is 0 Å². The van der Waals surface area contributed by atoms with Crippen LogP contribution in [0.2, 0.25) is 5.02 Å². The molecule has 18 heavy (non-hydrogen) atoms. The summed E-state index contributed by atoms with van der Waals surface area (Å²) in [5, 5.41) is 12.1. The van der Waals surface area contributed by atoms with Gasteiger partial charge in [-0.1, -0.05) is 11.6 Å². The van der Waals surface area contributed by atoms with Crippen LogP contribution in [0.1, 0.15) is 20.1 Å². The second-order valence-corrected chi connectivity index (χ2v) is 5.39. The van der Waals surface area contributed by atoms with Gasteiger partial charge in [-0.05, 0) is 37.3 Å². The van der Waals surface area contributed by atoms with Gasteiger partial charge in [-0.3, -0.25) is 4.79 Å². The van der Waals surface area contributed by atoms with Gasteiger partial charge in [-0.25, -0.2) is 0 Å². The van der Waals surface area contributed by atoms with E-state index in [0.717, 1.165) is 4.88 Å². The Bertz CT molecular complexity index is 643. The molecule has 0 spiro atoms. The van der Waals surface area contributed by atoms with Crippen LogP contribution < -0.4 is 5.32 Å². The van der Waals surface area contributed by atoms with Gasteiger partial charge < -0.3 is 5.32 Å². The summed E-state index contributed by atoms with van der Waals surface area (Å²) in [6.07, 6.45) is 0. The van der Waals surface area contributed by atoms with E-state index in [0.29, 0.717) is 21.2 Å². The molecule has 1 aromatic carbocycles. The SMILES string of the molecule is Cc1ccc(C(=O)Nc2cc(Cl)ccc2C#N)s1. The summed E-state index contributed by atoms with van der Waals surface area (Å²) in [6.45, 7) is 1.93. The number of nitrogens with one attached hydrogen (secondary N) is 1. The molecular formula is C13H9ClN2OS. The monoisotopic (exact) mass is 276 g/mol. The number of nitrogens with zero attached hydrogens (tertiary/aromatic N) is 1. The maximum atomic E-state index is 12.0. The van der Waals surface area contributed by atoms with E-state index >= 15 is 0 Å². The molecule has 1 amide bonds. The minimum absolute atomic E-state index is 0.230. The van der Waals surface area contributed by atoms with E-state index in [2.05, 4.69) is 5.32 Å². The molecule has 2 aromatic rings. The van der Waals surface area contributed by atoms with Gasteiger partial charge >= 0.3 is 0 Å². The Balaban J connectivity index is 2.27. The number of halogens is 1. The van der Waals surface area contributed by atoms with Crippen molar-refractivity contribution in [2.75, 3.05) is 5.32 Å². The van der Waals surface area contributed by atoms with Gasteiger partial charge in [0.2, 0.25) is 0 Å². The normalized spacial score (nSPS) is 9.83. The number of rotatable bonds is 2. The number of benzene rings is 1. The number of hydrogen-bond acceptors (Lipinski definition) is 3. The Hall–Kier alpha value is -1.83. The molecule has 0 aliphatic heterocycles. The Morgan fingerprint density at radius 2 is 2.17 bits per heavy atom. The zero-order valence-electron chi connectivity index (χ0n) is 9.53. The summed E-state index contributed by atoms with van der Waals surface area (Å²) < 4.78 is 0. The summed E-state index contributed by atoms with van der Waals surface area (Å²) in [7, 11) is 0. The topological polar surface area (TPSA) is 52.9 Å². The highest BCUT2D eigenvalue weighted by atomic mass is 35.5. The molecule has 1 aromatic heterocycles. The second kappa shape index (κ2) is 5.21. The Labute approximate surface area is 114 Å². The first-order chi connectivity index (χ1) is 8.60. The van der Waals surface area contributed by atoms with E-state index in [9.17, 15) is 4.79 Å². The molecule has 0 saturated carbocycles. The van der Waals surface area contributed by atoms with E-state index < -0.39 is 0 Å². The fourth-order valence-corrected chi connectivity index (χ4v) is 2.39. The van der Waals surface area contributed by atoms with Crippen LogP contribution in [0.15, 0.2) is 30.3 Å². The largest absolute Gasteiger partial charge is 0.320 e. The lowest BCUT2D eigenvalue weighted by Gasteiger charge is -2.06. The van der Waals surface area contributed by atoms with Gasteiger partial charge in [-0.15, -0.1) is 11.3 Å². The summed E-state index contributed by atoms with van der Waals surface area (Å²) in [4.78, 5) is 13.6. The lowest BCUT2D eigenvalue weighted by atomic mass is 10.2. The number of thiophene rings is 1. The van der Waals surface area contributed by atoms with Gasteiger partial charge in [0.1, 0.15) is 6.07 Å². The van der Waals surface area contributed by atoms with Crippen LogP contribution >= 0.6 is 22.9 Å². The highest BCUT2D eigenvalue weighted by Crippen LogP contribution is 2.22. The third-order valence-electron chi connectivity index (χ3n) is 2.31. The maximum absolute atomic E-state index is 12.0. The minimum atomic E-state index is -0.230. The zero-order valence-corrected chi connectivity index (χ0v) is 11.1. The third-order valence-corrected chi connectivity index (χ3v) is 3.55. The Morgan fingerprint density at radius 1 is 1.39 bits per heavy atom. The molecule has 0 atom stereocenters. The molecule has 5 heteroatoms. The van der Waals surface area contributed by atoms with Gasteiger partial charge in [0.15, 0.2) is 0 Å². The average Bonchev–Trinajstić information content (AvgIpc) is 2.76. The van der Waals surface area contributed by atoms with Crippen molar-refractivity contribution in [3.63, 3.8) is 0 Å². The molecule has 0 bridgehead atoms. The van der Waals surface area contributed by atoms with E-state index in [1.54, 1.807) is 24.3 Å². The fraction of sp³-hybridized carbons (Fsp3) is 0.0769. The van der Waals surface area contributed by atoms with Crippen LogP contribution in [0.3, 0.4) is 0 Å². The van der Waals surface area contributed by atoms with Crippen LogP contribution in [0, 0.1) is 18.3 Å². The molecule has 0 unspecified atom stereocenters. The van der Waals surface area contributed by atoms with Crippen LogP contribution in [0.4, 0.5) is 5.69 Å². The summed E-state index contributed by atoms with van der Waals surface area (Å²) in [6, 6.07) is 10.4. The zero-order chi connectivity index (χ0) is 13.1. The van der Waals surface area contributed by atoms with Crippen molar-refractivity contribution in [1.82, 2.24) is 0 Å². The van der Waals surface area contributed by atoms with Crippen molar-refractivity contribution < 1.29 is 4.79 Å². The van der Waals surface area contributed by atoms with Gasteiger partial charge in [0, 0.05) is 9.90 Å². The van der Waals surface area contributed by atoms with E-state index in [1.807, 2.05) is 19.1 Å². The van der Waals surface area contributed by atoms with Crippen molar-refractivity contribution in [3.8, 4) is 6.07 Å².